The van der Waals surface area contributed by atoms with Crippen LogP contribution in [0.3, 0.4) is 0 Å². The first-order valence-corrected chi connectivity index (χ1v) is 9.61. The summed E-state index contributed by atoms with van der Waals surface area (Å²) in [5.41, 5.74) is 2.81. The number of carbonyl (C=O) groups is 1. The number of hydrogen-bond donors (Lipinski definition) is 1. The highest BCUT2D eigenvalue weighted by atomic mass is 19.4. The number of amides is 1. The molecule has 0 atom stereocenters. The summed E-state index contributed by atoms with van der Waals surface area (Å²) in [5, 5.41) is 6.52. The van der Waals surface area contributed by atoms with Crippen molar-refractivity contribution in [1.82, 2.24) is 9.78 Å². The van der Waals surface area contributed by atoms with E-state index in [2.05, 4.69) is 22.1 Å². The van der Waals surface area contributed by atoms with Crippen LogP contribution in [0.4, 0.5) is 18.9 Å². The largest absolute Gasteiger partial charge is 0.489 e. The lowest BCUT2D eigenvalue weighted by molar-refractivity contribution is -0.182. The van der Waals surface area contributed by atoms with Crippen LogP contribution < -0.4 is 10.1 Å². The van der Waals surface area contributed by atoms with Crippen molar-refractivity contribution in [2.75, 3.05) is 11.9 Å². The van der Waals surface area contributed by atoms with Crippen molar-refractivity contribution < 1.29 is 27.4 Å². The van der Waals surface area contributed by atoms with Crippen LogP contribution in [0, 0.1) is 0 Å². The third-order valence-corrected chi connectivity index (χ3v) is 4.31. The molecule has 1 heterocycles. The van der Waals surface area contributed by atoms with E-state index in [1.807, 2.05) is 30.3 Å². The van der Waals surface area contributed by atoms with Crippen LogP contribution in [0.15, 0.2) is 60.9 Å². The fourth-order valence-corrected chi connectivity index (χ4v) is 2.75. The van der Waals surface area contributed by atoms with Gasteiger partial charge in [-0.25, -0.2) is 4.68 Å². The highest BCUT2D eigenvalue weighted by Gasteiger charge is 2.27. The van der Waals surface area contributed by atoms with Crippen LogP contribution in [0.1, 0.15) is 28.4 Å². The minimum Gasteiger partial charge on any atom is -0.489 e. The van der Waals surface area contributed by atoms with Gasteiger partial charge >= 0.3 is 6.18 Å². The van der Waals surface area contributed by atoms with Crippen LogP contribution in [0.25, 0.3) is 0 Å². The van der Waals surface area contributed by atoms with E-state index in [4.69, 9.17) is 4.74 Å². The molecule has 0 unspecified atom stereocenters. The molecule has 0 saturated carbocycles. The number of rotatable bonds is 9. The van der Waals surface area contributed by atoms with Crippen LogP contribution in [-0.2, 0) is 24.5 Å². The summed E-state index contributed by atoms with van der Waals surface area (Å²) in [6.07, 6.45) is -0.724. The van der Waals surface area contributed by atoms with E-state index in [9.17, 15) is 18.0 Å². The van der Waals surface area contributed by atoms with Gasteiger partial charge in [-0.2, -0.15) is 18.3 Å². The maximum Gasteiger partial charge on any atom is 0.411 e. The van der Waals surface area contributed by atoms with Crippen molar-refractivity contribution >= 4 is 11.6 Å². The Bertz CT molecular complexity index is 1000. The van der Waals surface area contributed by atoms with Crippen LogP contribution in [0.2, 0.25) is 0 Å². The summed E-state index contributed by atoms with van der Waals surface area (Å²) in [4.78, 5) is 12.5. The number of alkyl halides is 3. The maximum absolute atomic E-state index is 12.5. The van der Waals surface area contributed by atoms with Crippen molar-refractivity contribution in [1.29, 1.82) is 0 Å². The Hall–Kier alpha value is -3.33. The van der Waals surface area contributed by atoms with Gasteiger partial charge in [0, 0.05) is 5.56 Å². The summed E-state index contributed by atoms with van der Waals surface area (Å²) in [7, 11) is 0. The molecule has 0 radical (unpaired) electrons. The third-order valence-electron chi connectivity index (χ3n) is 4.31. The lowest BCUT2D eigenvalue weighted by Gasteiger charge is -2.09. The number of hydrogen-bond acceptors (Lipinski definition) is 4. The SMILES string of the molecule is CCc1ccc(OCc2cccc(C(=O)Nc3cnn(COCC(F)(F)F)c3)c2)cc1. The number of halogens is 3. The van der Waals surface area contributed by atoms with E-state index < -0.39 is 12.8 Å². The van der Waals surface area contributed by atoms with Crippen LogP contribution in [-0.4, -0.2) is 28.5 Å². The van der Waals surface area contributed by atoms with Gasteiger partial charge in [0.15, 0.2) is 0 Å². The maximum atomic E-state index is 12.5. The zero-order valence-electron chi connectivity index (χ0n) is 16.9. The van der Waals surface area contributed by atoms with Crippen molar-refractivity contribution in [2.24, 2.45) is 0 Å². The highest BCUT2D eigenvalue weighted by molar-refractivity contribution is 6.04. The van der Waals surface area contributed by atoms with Gasteiger partial charge in [0.25, 0.3) is 5.91 Å². The molecule has 1 N–H and O–H groups in total. The second kappa shape index (κ2) is 10.1. The Kier molecular flexibility index (Phi) is 7.30. The summed E-state index contributed by atoms with van der Waals surface area (Å²) in [6.45, 7) is 0.647. The number of ether oxygens (including phenoxy) is 2. The average molecular weight is 433 g/mol. The highest BCUT2D eigenvalue weighted by Crippen LogP contribution is 2.17. The van der Waals surface area contributed by atoms with E-state index >= 15 is 0 Å². The molecule has 0 spiro atoms. The van der Waals surface area contributed by atoms with E-state index in [1.165, 1.54) is 18.0 Å². The van der Waals surface area contributed by atoms with E-state index in [0.29, 0.717) is 17.9 Å². The standard InChI is InChI=1S/C22H22F3N3O3/c1-2-16-6-8-20(9-7-16)31-13-17-4-3-5-18(10-17)21(29)27-19-11-26-28(12-19)15-30-14-22(23,24)25/h3-12H,2,13-15H2,1H3,(H,27,29). The molecule has 1 aromatic heterocycles. The molecule has 3 rings (SSSR count). The fourth-order valence-electron chi connectivity index (χ4n) is 2.75. The second-order valence-corrected chi connectivity index (χ2v) is 6.80. The second-order valence-electron chi connectivity index (χ2n) is 6.80. The molecular weight excluding hydrogens is 411 g/mol. The smallest absolute Gasteiger partial charge is 0.411 e. The Morgan fingerprint density at radius 3 is 2.61 bits per heavy atom. The molecule has 3 aromatic rings. The number of nitrogens with one attached hydrogen (secondary N) is 1. The van der Waals surface area contributed by atoms with Gasteiger partial charge in [0.2, 0.25) is 0 Å². The summed E-state index contributed by atoms with van der Waals surface area (Å²) >= 11 is 0. The third kappa shape index (κ3) is 7.14. The molecule has 1 amide bonds. The van der Waals surface area contributed by atoms with Crippen LogP contribution >= 0.6 is 0 Å². The van der Waals surface area contributed by atoms with E-state index in [1.54, 1.807) is 18.2 Å². The zero-order chi connectivity index (χ0) is 22.3. The number of nitrogens with zero attached hydrogens (tertiary/aromatic N) is 2. The van der Waals surface area contributed by atoms with Crippen molar-refractivity contribution in [3.05, 3.63) is 77.6 Å². The van der Waals surface area contributed by atoms with Gasteiger partial charge in [-0.1, -0.05) is 31.2 Å². The Balaban J connectivity index is 1.53. The minimum absolute atomic E-state index is 0.307. The number of benzene rings is 2. The normalized spacial score (nSPS) is 11.4. The van der Waals surface area contributed by atoms with Crippen molar-refractivity contribution in [3.8, 4) is 5.75 Å². The molecule has 2 aromatic carbocycles. The summed E-state index contributed by atoms with van der Waals surface area (Å²) in [6, 6.07) is 14.8. The number of anilines is 1. The Morgan fingerprint density at radius 2 is 1.90 bits per heavy atom. The fraction of sp³-hybridized carbons (Fsp3) is 0.273. The number of aryl methyl sites for hydroxylation is 1. The van der Waals surface area contributed by atoms with Crippen LogP contribution in [0.5, 0.6) is 5.75 Å². The lowest BCUT2D eigenvalue weighted by atomic mass is 10.1. The molecule has 9 heteroatoms. The summed E-state index contributed by atoms with van der Waals surface area (Å²) in [5.74, 6) is 0.372. The Morgan fingerprint density at radius 1 is 1.13 bits per heavy atom. The molecule has 31 heavy (non-hydrogen) atoms. The predicted molar refractivity (Wildman–Crippen MR) is 109 cm³/mol. The first-order chi connectivity index (χ1) is 14.8. The minimum atomic E-state index is -4.40. The van der Waals surface area contributed by atoms with Gasteiger partial charge in [-0.3, -0.25) is 4.79 Å². The van der Waals surface area contributed by atoms with Gasteiger partial charge in [-0.05, 0) is 41.8 Å². The molecule has 0 aliphatic carbocycles. The van der Waals surface area contributed by atoms with Gasteiger partial charge in [0.1, 0.15) is 25.7 Å². The van der Waals surface area contributed by atoms with Crippen molar-refractivity contribution in [3.63, 3.8) is 0 Å². The predicted octanol–water partition coefficient (Wildman–Crippen LogP) is 4.81. The Labute approximate surface area is 177 Å². The lowest BCUT2D eigenvalue weighted by Crippen LogP contribution is -2.18. The molecule has 0 aliphatic rings. The number of aromatic nitrogens is 2. The monoisotopic (exact) mass is 433 g/mol. The summed E-state index contributed by atoms with van der Waals surface area (Å²) < 4.78 is 47.8. The quantitative estimate of drug-likeness (QED) is 0.526. The molecule has 0 saturated heterocycles. The van der Waals surface area contributed by atoms with Gasteiger partial charge in [0.05, 0.1) is 18.1 Å². The number of carbonyl (C=O) groups excluding carboxylic acids is 1. The molecule has 6 nitrogen and oxygen atoms in total. The topological polar surface area (TPSA) is 65.4 Å². The molecule has 0 fully saturated rings. The first-order valence-electron chi connectivity index (χ1n) is 9.61. The van der Waals surface area contributed by atoms with Gasteiger partial charge in [-0.15, -0.1) is 0 Å². The molecule has 0 aliphatic heterocycles. The molecular formula is C22H22F3N3O3. The van der Waals surface area contributed by atoms with Gasteiger partial charge < -0.3 is 14.8 Å². The van der Waals surface area contributed by atoms with E-state index in [-0.39, 0.29) is 12.6 Å². The van der Waals surface area contributed by atoms with E-state index in [0.717, 1.165) is 22.4 Å². The van der Waals surface area contributed by atoms with Crippen molar-refractivity contribution in [2.45, 2.75) is 32.9 Å². The molecule has 0 bridgehead atoms. The molecule has 164 valence electrons. The zero-order valence-corrected chi connectivity index (χ0v) is 16.9. The average Bonchev–Trinajstić information content (AvgIpc) is 3.19. The first kappa shape index (κ1) is 22.4.